The van der Waals surface area contributed by atoms with Crippen LogP contribution in [0.4, 0.5) is 0 Å². The van der Waals surface area contributed by atoms with Crippen molar-refractivity contribution in [2.24, 2.45) is 23.2 Å². The van der Waals surface area contributed by atoms with Crippen LogP contribution in [-0.4, -0.2) is 0 Å². The molecule has 0 N–H and O–H groups in total. The van der Waals surface area contributed by atoms with Crippen molar-refractivity contribution in [2.75, 3.05) is 0 Å². The van der Waals surface area contributed by atoms with Crippen LogP contribution in [0.2, 0.25) is 0 Å². The Hall–Kier alpha value is -0.780. The summed E-state index contributed by atoms with van der Waals surface area (Å²) in [5.74, 6) is 3.89. The standard InChI is InChI=1S/C20H28/c1-3-15-9-11-19-18-10-8-14-6-4-5-7-16(14)17(18)12-13-20(15,19)2/h4-7,15,17-19H,3,8-13H2,1-2H3. The molecule has 0 aromatic heterocycles. The van der Waals surface area contributed by atoms with Crippen LogP contribution in [0.1, 0.15) is 69.4 Å². The first-order valence-corrected chi connectivity index (χ1v) is 8.82. The summed E-state index contributed by atoms with van der Waals surface area (Å²) in [6.45, 7) is 5.05. The van der Waals surface area contributed by atoms with Gasteiger partial charge in [0.05, 0.1) is 0 Å². The van der Waals surface area contributed by atoms with Crippen LogP contribution in [0.25, 0.3) is 0 Å². The summed E-state index contributed by atoms with van der Waals surface area (Å²) in [5, 5.41) is 0. The average Bonchev–Trinajstić information content (AvgIpc) is 2.83. The van der Waals surface area contributed by atoms with E-state index in [0.717, 1.165) is 23.7 Å². The molecule has 0 radical (unpaired) electrons. The first-order valence-electron chi connectivity index (χ1n) is 8.82. The number of aryl methyl sites for hydroxylation is 1. The summed E-state index contributed by atoms with van der Waals surface area (Å²) in [4.78, 5) is 0. The molecular weight excluding hydrogens is 240 g/mol. The van der Waals surface area contributed by atoms with Crippen molar-refractivity contribution in [3.8, 4) is 0 Å². The zero-order chi connectivity index (χ0) is 13.7. The van der Waals surface area contributed by atoms with Crippen molar-refractivity contribution in [2.45, 2.75) is 64.7 Å². The van der Waals surface area contributed by atoms with Gasteiger partial charge in [-0.25, -0.2) is 0 Å². The Labute approximate surface area is 124 Å². The summed E-state index contributed by atoms with van der Waals surface area (Å²) in [6.07, 6.45) is 10.1. The lowest BCUT2D eigenvalue weighted by Crippen LogP contribution is -2.42. The van der Waals surface area contributed by atoms with Crippen LogP contribution in [0, 0.1) is 23.2 Å². The quantitative estimate of drug-likeness (QED) is 0.624. The lowest BCUT2D eigenvalue weighted by molar-refractivity contribution is 0.0274. The highest BCUT2D eigenvalue weighted by Crippen LogP contribution is 2.63. The molecule has 2 saturated carbocycles. The second-order valence-electron chi connectivity index (χ2n) is 7.84. The van der Waals surface area contributed by atoms with E-state index < -0.39 is 0 Å². The first-order chi connectivity index (χ1) is 9.74. The van der Waals surface area contributed by atoms with Gasteiger partial charge in [0, 0.05) is 0 Å². The van der Waals surface area contributed by atoms with E-state index in [1.54, 1.807) is 11.1 Å². The van der Waals surface area contributed by atoms with E-state index in [9.17, 15) is 0 Å². The first kappa shape index (κ1) is 12.9. The van der Waals surface area contributed by atoms with Crippen molar-refractivity contribution in [1.29, 1.82) is 0 Å². The van der Waals surface area contributed by atoms with Gasteiger partial charge in [0.25, 0.3) is 0 Å². The molecule has 0 heterocycles. The van der Waals surface area contributed by atoms with E-state index >= 15 is 0 Å². The lowest BCUT2D eigenvalue weighted by Gasteiger charge is -2.51. The highest BCUT2D eigenvalue weighted by Gasteiger charge is 2.53. The Kier molecular flexibility index (Phi) is 2.98. The normalized spacial score (nSPS) is 42.7. The SMILES string of the molecule is CCC1CCC2C3CCc4ccccc4C3CCC12C. The molecule has 1 aromatic rings. The molecule has 108 valence electrons. The maximum Gasteiger partial charge on any atom is -0.0128 e. The third-order valence-corrected chi connectivity index (χ3v) is 7.33. The molecule has 0 spiro atoms. The molecule has 3 aliphatic rings. The summed E-state index contributed by atoms with van der Waals surface area (Å²) in [7, 11) is 0. The third kappa shape index (κ3) is 1.66. The molecule has 1 aromatic carbocycles. The van der Waals surface area contributed by atoms with Gasteiger partial charge in [-0.15, -0.1) is 0 Å². The molecule has 0 saturated heterocycles. The molecule has 4 rings (SSSR count). The molecule has 0 bridgehead atoms. The predicted octanol–water partition coefficient (Wildman–Crippen LogP) is 5.57. The van der Waals surface area contributed by atoms with Crippen LogP contribution in [0.3, 0.4) is 0 Å². The number of fused-ring (bicyclic) bond motifs is 5. The van der Waals surface area contributed by atoms with Gasteiger partial charge in [-0.1, -0.05) is 44.5 Å². The fourth-order valence-corrected chi connectivity index (χ4v) is 6.30. The second kappa shape index (κ2) is 4.61. The Morgan fingerprint density at radius 1 is 1.10 bits per heavy atom. The Balaban J connectivity index is 1.69. The molecule has 2 fully saturated rings. The maximum atomic E-state index is 2.63. The minimum atomic E-state index is 0.669. The van der Waals surface area contributed by atoms with E-state index in [2.05, 4.69) is 38.1 Å². The predicted molar refractivity (Wildman–Crippen MR) is 84.8 cm³/mol. The smallest absolute Gasteiger partial charge is 0.0128 e. The number of hydrogen-bond acceptors (Lipinski definition) is 0. The summed E-state index contributed by atoms with van der Waals surface area (Å²) < 4.78 is 0. The topological polar surface area (TPSA) is 0 Å². The van der Waals surface area contributed by atoms with Gasteiger partial charge in [0.1, 0.15) is 0 Å². The minimum Gasteiger partial charge on any atom is -0.0651 e. The Morgan fingerprint density at radius 2 is 1.95 bits per heavy atom. The van der Waals surface area contributed by atoms with Gasteiger partial charge < -0.3 is 0 Å². The zero-order valence-electron chi connectivity index (χ0n) is 13.1. The minimum absolute atomic E-state index is 0.669. The van der Waals surface area contributed by atoms with Crippen LogP contribution >= 0.6 is 0 Å². The molecule has 0 aliphatic heterocycles. The van der Waals surface area contributed by atoms with Gasteiger partial charge in [-0.05, 0) is 78.7 Å². The van der Waals surface area contributed by atoms with E-state index in [1.807, 2.05) is 0 Å². The van der Waals surface area contributed by atoms with Crippen LogP contribution in [0.5, 0.6) is 0 Å². The van der Waals surface area contributed by atoms with Gasteiger partial charge >= 0.3 is 0 Å². The van der Waals surface area contributed by atoms with Crippen molar-refractivity contribution in [1.82, 2.24) is 0 Å². The van der Waals surface area contributed by atoms with Crippen LogP contribution < -0.4 is 0 Å². The highest BCUT2D eigenvalue weighted by atomic mass is 14.6. The Bertz CT molecular complexity index is 503. The molecular formula is C20H28. The molecule has 5 unspecified atom stereocenters. The number of benzene rings is 1. The fraction of sp³-hybridized carbons (Fsp3) is 0.700. The second-order valence-corrected chi connectivity index (χ2v) is 7.84. The molecule has 0 heteroatoms. The monoisotopic (exact) mass is 268 g/mol. The largest absolute Gasteiger partial charge is 0.0651 e. The van der Waals surface area contributed by atoms with E-state index in [4.69, 9.17) is 0 Å². The van der Waals surface area contributed by atoms with Gasteiger partial charge in [-0.3, -0.25) is 0 Å². The molecule has 0 amide bonds. The zero-order valence-corrected chi connectivity index (χ0v) is 13.1. The fourth-order valence-electron chi connectivity index (χ4n) is 6.30. The highest BCUT2D eigenvalue weighted by molar-refractivity contribution is 5.34. The van der Waals surface area contributed by atoms with Crippen molar-refractivity contribution in [3.63, 3.8) is 0 Å². The van der Waals surface area contributed by atoms with Crippen LogP contribution in [0.15, 0.2) is 24.3 Å². The molecule has 20 heavy (non-hydrogen) atoms. The van der Waals surface area contributed by atoms with Crippen molar-refractivity contribution < 1.29 is 0 Å². The molecule has 5 atom stereocenters. The lowest BCUT2D eigenvalue weighted by atomic mass is 9.54. The summed E-state index contributed by atoms with van der Waals surface area (Å²) in [5.41, 5.74) is 4.04. The number of hydrogen-bond donors (Lipinski definition) is 0. The summed E-state index contributed by atoms with van der Waals surface area (Å²) >= 11 is 0. The molecule has 3 aliphatic carbocycles. The van der Waals surface area contributed by atoms with Gasteiger partial charge in [0.15, 0.2) is 0 Å². The van der Waals surface area contributed by atoms with Crippen molar-refractivity contribution in [3.05, 3.63) is 35.4 Å². The number of rotatable bonds is 1. The van der Waals surface area contributed by atoms with E-state index in [1.165, 1.54) is 44.9 Å². The summed E-state index contributed by atoms with van der Waals surface area (Å²) in [6, 6.07) is 9.30. The van der Waals surface area contributed by atoms with Gasteiger partial charge in [-0.2, -0.15) is 0 Å². The average molecular weight is 268 g/mol. The van der Waals surface area contributed by atoms with Gasteiger partial charge in [0.2, 0.25) is 0 Å². The third-order valence-electron chi connectivity index (χ3n) is 7.33. The van der Waals surface area contributed by atoms with E-state index in [-0.39, 0.29) is 0 Å². The van der Waals surface area contributed by atoms with E-state index in [0.29, 0.717) is 5.41 Å². The van der Waals surface area contributed by atoms with Crippen LogP contribution in [-0.2, 0) is 6.42 Å². The van der Waals surface area contributed by atoms with Crippen molar-refractivity contribution >= 4 is 0 Å². The Morgan fingerprint density at radius 3 is 2.80 bits per heavy atom. The maximum absolute atomic E-state index is 2.63. The molecule has 0 nitrogen and oxygen atoms in total.